The first-order chi connectivity index (χ1) is 13.5. The van der Waals surface area contributed by atoms with Gasteiger partial charge in [-0.25, -0.2) is 8.42 Å². The minimum atomic E-state index is -4.67. The zero-order valence-electron chi connectivity index (χ0n) is 16.0. The fourth-order valence-electron chi connectivity index (χ4n) is 2.77. The van der Waals surface area contributed by atoms with Crippen molar-refractivity contribution in [1.29, 1.82) is 0 Å². The zero-order chi connectivity index (χ0) is 21.7. The molecule has 5 nitrogen and oxygen atoms in total. The average molecular weight is 428 g/mol. The van der Waals surface area contributed by atoms with Crippen LogP contribution in [-0.4, -0.2) is 20.4 Å². The molecule has 2 aromatic rings. The van der Waals surface area contributed by atoms with E-state index in [9.17, 15) is 26.4 Å². The Morgan fingerprint density at radius 1 is 1.07 bits per heavy atom. The first kappa shape index (κ1) is 22.9. The highest BCUT2D eigenvalue weighted by atomic mass is 32.2. The van der Waals surface area contributed by atoms with Gasteiger partial charge >= 0.3 is 6.18 Å². The lowest BCUT2D eigenvalue weighted by molar-refractivity contribution is -0.137. The quantitative estimate of drug-likeness (QED) is 0.667. The van der Waals surface area contributed by atoms with Gasteiger partial charge in [0.25, 0.3) is 0 Å². The Bertz CT molecular complexity index is 931. The molecule has 0 saturated heterocycles. The van der Waals surface area contributed by atoms with Gasteiger partial charge < -0.3 is 5.32 Å². The van der Waals surface area contributed by atoms with E-state index >= 15 is 0 Å². The van der Waals surface area contributed by atoms with Crippen molar-refractivity contribution in [2.75, 3.05) is 0 Å². The summed E-state index contributed by atoms with van der Waals surface area (Å²) in [6, 6.07) is 11.1. The largest absolute Gasteiger partial charge is 0.416 e. The molecule has 0 spiro atoms. The van der Waals surface area contributed by atoms with Crippen LogP contribution in [0.3, 0.4) is 0 Å². The van der Waals surface area contributed by atoms with Gasteiger partial charge in [0.1, 0.15) is 6.04 Å². The van der Waals surface area contributed by atoms with Crippen molar-refractivity contribution < 1.29 is 26.4 Å². The topological polar surface area (TPSA) is 75.3 Å². The molecule has 0 aromatic heterocycles. The van der Waals surface area contributed by atoms with Crippen molar-refractivity contribution in [2.45, 2.75) is 49.8 Å². The lowest BCUT2D eigenvalue weighted by Gasteiger charge is -2.21. The minimum Gasteiger partial charge on any atom is -0.348 e. The molecular weight excluding hydrogens is 405 g/mol. The Balaban J connectivity index is 2.19. The van der Waals surface area contributed by atoms with Gasteiger partial charge in [0.15, 0.2) is 0 Å². The summed E-state index contributed by atoms with van der Waals surface area (Å²) in [6.45, 7) is 3.54. The number of alkyl halides is 3. The third-order valence-corrected chi connectivity index (χ3v) is 5.79. The molecule has 0 bridgehead atoms. The summed E-state index contributed by atoms with van der Waals surface area (Å²) in [4.78, 5) is 12.1. The van der Waals surface area contributed by atoms with Crippen LogP contribution < -0.4 is 10.0 Å². The van der Waals surface area contributed by atoms with Crippen LogP contribution in [0, 0.1) is 0 Å². The molecule has 0 aliphatic heterocycles. The van der Waals surface area contributed by atoms with Gasteiger partial charge in [-0.15, -0.1) is 0 Å². The Morgan fingerprint density at radius 2 is 1.72 bits per heavy atom. The van der Waals surface area contributed by atoms with Crippen molar-refractivity contribution in [1.82, 2.24) is 10.0 Å². The van der Waals surface area contributed by atoms with Crippen molar-refractivity contribution in [3.05, 3.63) is 65.7 Å². The maximum absolute atomic E-state index is 12.9. The number of benzene rings is 2. The standard InChI is InChI=1S/C20H23F3N2O3S/c1-3-8-18(19(26)24-14(2)15-9-5-4-6-10-15)25-29(27,28)17-12-7-11-16(13-17)20(21,22)23/h4-7,9-14,18,25H,3,8H2,1-2H3,(H,24,26). The number of amides is 1. The van der Waals surface area contributed by atoms with Gasteiger partial charge in [-0.2, -0.15) is 17.9 Å². The second kappa shape index (κ2) is 9.41. The molecule has 0 heterocycles. The number of nitrogens with one attached hydrogen (secondary N) is 2. The molecule has 2 N–H and O–H groups in total. The van der Waals surface area contributed by atoms with Crippen molar-refractivity contribution >= 4 is 15.9 Å². The van der Waals surface area contributed by atoms with Gasteiger partial charge in [0, 0.05) is 0 Å². The maximum Gasteiger partial charge on any atom is 0.416 e. The summed E-state index contributed by atoms with van der Waals surface area (Å²) in [7, 11) is -4.32. The monoisotopic (exact) mass is 428 g/mol. The smallest absolute Gasteiger partial charge is 0.348 e. The second-order valence-electron chi connectivity index (χ2n) is 6.63. The van der Waals surface area contributed by atoms with Crippen LogP contribution in [0.5, 0.6) is 0 Å². The number of sulfonamides is 1. The summed E-state index contributed by atoms with van der Waals surface area (Å²) < 4.78 is 66.1. The molecular formula is C20H23F3N2O3S. The Kier molecular flexibility index (Phi) is 7.43. The number of carbonyl (C=O) groups is 1. The highest BCUT2D eigenvalue weighted by molar-refractivity contribution is 7.89. The van der Waals surface area contributed by atoms with Gasteiger partial charge in [-0.3, -0.25) is 4.79 Å². The first-order valence-corrected chi connectivity index (χ1v) is 10.6. The van der Waals surface area contributed by atoms with E-state index < -0.39 is 38.6 Å². The summed E-state index contributed by atoms with van der Waals surface area (Å²) in [5, 5.41) is 2.74. The Morgan fingerprint density at radius 3 is 2.31 bits per heavy atom. The van der Waals surface area contributed by atoms with Crippen LogP contribution in [0.15, 0.2) is 59.5 Å². The fourth-order valence-corrected chi connectivity index (χ4v) is 4.04. The number of halogens is 3. The summed E-state index contributed by atoms with van der Waals surface area (Å²) in [6.07, 6.45) is -3.97. The van der Waals surface area contributed by atoms with E-state index in [1.54, 1.807) is 13.8 Å². The summed E-state index contributed by atoms with van der Waals surface area (Å²) in [5.74, 6) is -0.543. The number of carbonyl (C=O) groups excluding carboxylic acids is 1. The van der Waals surface area contributed by atoms with E-state index in [0.29, 0.717) is 12.5 Å². The van der Waals surface area contributed by atoms with E-state index in [1.165, 1.54) is 0 Å². The van der Waals surface area contributed by atoms with Crippen molar-refractivity contribution in [2.24, 2.45) is 0 Å². The maximum atomic E-state index is 12.9. The molecule has 158 valence electrons. The molecule has 0 radical (unpaired) electrons. The second-order valence-corrected chi connectivity index (χ2v) is 8.34. The third-order valence-electron chi connectivity index (χ3n) is 4.32. The molecule has 1 amide bonds. The highest BCUT2D eigenvalue weighted by Crippen LogP contribution is 2.30. The third kappa shape index (κ3) is 6.30. The molecule has 2 rings (SSSR count). The van der Waals surface area contributed by atoms with E-state index in [4.69, 9.17) is 0 Å². The molecule has 2 aromatic carbocycles. The lowest BCUT2D eigenvalue weighted by atomic mass is 10.1. The van der Waals surface area contributed by atoms with Crippen molar-refractivity contribution in [3.63, 3.8) is 0 Å². The van der Waals surface area contributed by atoms with Crippen LogP contribution in [0.25, 0.3) is 0 Å². The summed E-state index contributed by atoms with van der Waals surface area (Å²) >= 11 is 0. The Labute approximate surface area is 168 Å². The first-order valence-electron chi connectivity index (χ1n) is 9.09. The van der Waals surface area contributed by atoms with Crippen LogP contribution in [-0.2, 0) is 21.0 Å². The van der Waals surface area contributed by atoms with Gasteiger partial charge in [0.05, 0.1) is 16.5 Å². The number of hydrogen-bond acceptors (Lipinski definition) is 3. The van der Waals surface area contributed by atoms with Gasteiger partial charge in [-0.05, 0) is 37.1 Å². The minimum absolute atomic E-state index is 0.200. The van der Waals surface area contributed by atoms with Crippen LogP contribution in [0.2, 0.25) is 0 Å². The normalized spacial score (nSPS) is 14.2. The molecule has 0 saturated carbocycles. The molecule has 0 aliphatic rings. The number of hydrogen-bond donors (Lipinski definition) is 2. The zero-order valence-corrected chi connectivity index (χ0v) is 16.8. The molecule has 2 atom stereocenters. The molecule has 0 aliphatic carbocycles. The van der Waals surface area contributed by atoms with Crippen LogP contribution in [0.1, 0.15) is 43.9 Å². The molecule has 9 heteroatoms. The van der Waals surface area contributed by atoms with E-state index in [0.717, 1.165) is 23.8 Å². The lowest BCUT2D eigenvalue weighted by Crippen LogP contribution is -2.47. The Hall–Kier alpha value is -2.39. The number of rotatable bonds is 8. The van der Waals surface area contributed by atoms with E-state index in [1.807, 2.05) is 30.3 Å². The van der Waals surface area contributed by atoms with E-state index in [2.05, 4.69) is 10.0 Å². The predicted octanol–water partition coefficient (Wildman–Crippen LogP) is 4.03. The highest BCUT2D eigenvalue weighted by Gasteiger charge is 2.32. The van der Waals surface area contributed by atoms with Crippen LogP contribution >= 0.6 is 0 Å². The summed E-state index contributed by atoms with van der Waals surface area (Å²) in [5.41, 5.74) is -0.230. The molecule has 0 fully saturated rings. The molecule has 2 unspecified atom stereocenters. The van der Waals surface area contributed by atoms with Gasteiger partial charge in [-0.1, -0.05) is 49.7 Å². The fraction of sp³-hybridized carbons (Fsp3) is 0.350. The molecule has 29 heavy (non-hydrogen) atoms. The van der Waals surface area contributed by atoms with Gasteiger partial charge in [0.2, 0.25) is 15.9 Å². The van der Waals surface area contributed by atoms with Crippen LogP contribution in [0.4, 0.5) is 13.2 Å². The average Bonchev–Trinajstić information content (AvgIpc) is 2.67. The van der Waals surface area contributed by atoms with E-state index in [-0.39, 0.29) is 12.5 Å². The van der Waals surface area contributed by atoms with Crippen molar-refractivity contribution in [3.8, 4) is 0 Å². The SMILES string of the molecule is CCCC(NS(=O)(=O)c1cccc(C(F)(F)F)c1)C(=O)NC(C)c1ccccc1. The predicted molar refractivity (Wildman–Crippen MR) is 103 cm³/mol.